The molecule has 0 spiro atoms. The molecule has 2 fully saturated rings. The minimum atomic E-state index is -4.35. The predicted molar refractivity (Wildman–Crippen MR) is 70.9 cm³/mol. The van der Waals surface area contributed by atoms with E-state index in [1.54, 1.807) is 13.8 Å². The number of alkyl halides is 3. The summed E-state index contributed by atoms with van der Waals surface area (Å²) >= 11 is 0. The lowest BCUT2D eigenvalue weighted by Crippen LogP contribution is -2.55. The van der Waals surface area contributed by atoms with Crippen molar-refractivity contribution in [1.82, 2.24) is 8.61 Å². The van der Waals surface area contributed by atoms with Crippen LogP contribution in [0.25, 0.3) is 0 Å². The Bertz CT molecular complexity index is 459. The molecule has 0 saturated carbocycles. The molecule has 0 aromatic carbocycles. The van der Waals surface area contributed by atoms with E-state index >= 15 is 0 Å². The summed E-state index contributed by atoms with van der Waals surface area (Å²) in [4.78, 5) is 0. The van der Waals surface area contributed by atoms with Gasteiger partial charge in [-0.05, 0) is 26.7 Å². The predicted octanol–water partition coefficient (Wildman–Crippen LogP) is 1.61. The molecule has 0 aliphatic carbocycles. The van der Waals surface area contributed by atoms with E-state index in [-0.39, 0.29) is 44.7 Å². The monoisotopic (exact) mass is 330 g/mol. The first-order valence-corrected chi connectivity index (χ1v) is 8.48. The molecule has 0 aromatic rings. The quantitative estimate of drug-likeness (QED) is 0.773. The lowest BCUT2D eigenvalue weighted by atomic mass is 9.99. The molecule has 0 amide bonds. The number of morpholine rings is 1. The minimum absolute atomic E-state index is 0.00850. The molecule has 2 aliphatic heterocycles. The van der Waals surface area contributed by atoms with Gasteiger partial charge in [-0.1, -0.05) is 0 Å². The fraction of sp³-hybridized carbons (Fsp3) is 1.00. The second-order valence-electron chi connectivity index (χ2n) is 5.82. The molecule has 0 radical (unpaired) electrons. The van der Waals surface area contributed by atoms with Gasteiger partial charge in [0.1, 0.15) is 0 Å². The first kappa shape index (κ1) is 17.0. The van der Waals surface area contributed by atoms with Crippen LogP contribution < -0.4 is 0 Å². The first-order chi connectivity index (χ1) is 9.60. The molecule has 0 aromatic heterocycles. The minimum Gasteiger partial charge on any atom is -0.373 e. The molecule has 21 heavy (non-hydrogen) atoms. The molecule has 0 unspecified atom stereocenters. The van der Waals surface area contributed by atoms with Gasteiger partial charge in [0.25, 0.3) is 10.2 Å². The smallest absolute Gasteiger partial charge is 0.373 e. The van der Waals surface area contributed by atoms with E-state index in [1.807, 2.05) is 0 Å². The van der Waals surface area contributed by atoms with Crippen molar-refractivity contribution in [1.29, 1.82) is 0 Å². The molecule has 124 valence electrons. The van der Waals surface area contributed by atoms with Crippen LogP contribution >= 0.6 is 0 Å². The van der Waals surface area contributed by atoms with Crippen molar-refractivity contribution in [2.45, 2.75) is 45.1 Å². The lowest BCUT2D eigenvalue weighted by Gasteiger charge is -2.40. The third kappa shape index (κ3) is 3.88. The van der Waals surface area contributed by atoms with Crippen LogP contribution in [0.4, 0.5) is 13.2 Å². The van der Waals surface area contributed by atoms with E-state index in [0.29, 0.717) is 0 Å². The van der Waals surface area contributed by atoms with Crippen LogP contribution in [0, 0.1) is 5.92 Å². The summed E-state index contributed by atoms with van der Waals surface area (Å²) in [7, 11) is -3.86. The zero-order valence-electron chi connectivity index (χ0n) is 12.1. The van der Waals surface area contributed by atoms with Gasteiger partial charge in [0, 0.05) is 26.2 Å². The molecule has 3 atom stereocenters. The normalized spacial score (nSPS) is 34.0. The van der Waals surface area contributed by atoms with E-state index in [0.717, 1.165) is 4.31 Å². The highest BCUT2D eigenvalue weighted by Crippen LogP contribution is 2.34. The molecule has 2 aliphatic rings. The highest BCUT2D eigenvalue weighted by Gasteiger charge is 2.45. The molecule has 0 bridgehead atoms. The summed E-state index contributed by atoms with van der Waals surface area (Å²) in [5, 5.41) is 0. The second kappa shape index (κ2) is 6.02. The Morgan fingerprint density at radius 1 is 1.05 bits per heavy atom. The summed E-state index contributed by atoms with van der Waals surface area (Å²) in [5.74, 6) is -1.57. The van der Waals surface area contributed by atoms with Crippen molar-refractivity contribution in [2.75, 3.05) is 26.2 Å². The van der Waals surface area contributed by atoms with Gasteiger partial charge in [-0.15, -0.1) is 0 Å². The fourth-order valence-electron chi connectivity index (χ4n) is 2.90. The summed E-state index contributed by atoms with van der Waals surface area (Å²) in [6.07, 6.45) is -4.64. The van der Waals surface area contributed by atoms with Gasteiger partial charge < -0.3 is 4.74 Å². The maximum absolute atomic E-state index is 12.8. The zero-order chi connectivity index (χ0) is 15.8. The Kier molecular flexibility index (Phi) is 4.87. The van der Waals surface area contributed by atoms with Crippen LogP contribution in [0.5, 0.6) is 0 Å². The van der Waals surface area contributed by atoms with Crippen molar-refractivity contribution in [3.8, 4) is 0 Å². The number of halogens is 3. The third-order valence-corrected chi connectivity index (χ3v) is 5.82. The van der Waals surface area contributed by atoms with Crippen LogP contribution in [-0.4, -0.2) is 61.6 Å². The molecular weight excluding hydrogens is 309 g/mol. The van der Waals surface area contributed by atoms with Crippen LogP contribution in [0.3, 0.4) is 0 Å². The Morgan fingerprint density at radius 3 is 2.14 bits per heavy atom. The number of ether oxygens (including phenoxy) is 1. The van der Waals surface area contributed by atoms with Gasteiger partial charge in [-0.3, -0.25) is 0 Å². The summed E-state index contributed by atoms with van der Waals surface area (Å²) in [6.45, 7) is 3.54. The molecule has 0 N–H and O–H groups in total. The Hall–Kier alpha value is -0.380. The molecular formula is C12H21F3N2O3S. The maximum Gasteiger partial charge on any atom is 0.393 e. The van der Waals surface area contributed by atoms with Gasteiger partial charge in [0.15, 0.2) is 0 Å². The van der Waals surface area contributed by atoms with E-state index < -0.39 is 28.8 Å². The highest BCUT2D eigenvalue weighted by molar-refractivity contribution is 7.86. The number of piperidine rings is 1. The van der Waals surface area contributed by atoms with E-state index in [1.165, 1.54) is 4.31 Å². The first-order valence-electron chi connectivity index (χ1n) is 7.08. The number of nitrogens with zero attached hydrogens (tertiary/aromatic N) is 2. The van der Waals surface area contributed by atoms with Crippen LogP contribution in [0.1, 0.15) is 26.7 Å². The van der Waals surface area contributed by atoms with Crippen molar-refractivity contribution in [3.05, 3.63) is 0 Å². The van der Waals surface area contributed by atoms with Crippen molar-refractivity contribution in [2.24, 2.45) is 5.92 Å². The van der Waals surface area contributed by atoms with Crippen LogP contribution in [0.2, 0.25) is 0 Å². The fourth-order valence-corrected chi connectivity index (χ4v) is 4.75. The highest BCUT2D eigenvalue weighted by atomic mass is 32.2. The average molecular weight is 330 g/mol. The van der Waals surface area contributed by atoms with E-state index in [4.69, 9.17) is 4.74 Å². The molecule has 2 rings (SSSR count). The Balaban J connectivity index is 2.11. The largest absolute Gasteiger partial charge is 0.393 e. The Morgan fingerprint density at radius 2 is 1.62 bits per heavy atom. The third-order valence-electron chi connectivity index (χ3n) is 3.89. The number of rotatable bonds is 2. The molecule has 2 heterocycles. The van der Waals surface area contributed by atoms with Gasteiger partial charge in [0.05, 0.1) is 18.1 Å². The van der Waals surface area contributed by atoms with Crippen molar-refractivity contribution < 1.29 is 26.3 Å². The number of hydrogen-bond acceptors (Lipinski definition) is 3. The van der Waals surface area contributed by atoms with Gasteiger partial charge in [-0.25, -0.2) is 0 Å². The van der Waals surface area contributed by atoms with Gasteiger partial charge in [0.2, 0.25) is 0 Å². The van der Waals surface area contributed by atoms with Gasteiger partial charge >= 0.3 is 6.18 Å². The van der Waals surface area contributed by atoms with Crippen molar-refractivity contribution in [3.63, 3.8) is 0 Å². The standard InChI is InChI=1S/C12H21F3N2O3S/c1-9-6-17(7-10(2)20-9)21(18,19)16-5-3-4-11(8-16)12(13,14)15/h9-11H,3-8H2,1-2H3/t9-,10-,11+/m1/s1. The summed E-state index contributed by atoms with van der Waals surface area (Å²) in [6, 6.07) is 0. The van der Waals surface area contributed by atoms with E-state index in [9.17, 15) is 21.6 Å². The number of hydrogen-bond donors (Lipinski definition) is 0. The van der Waals surface area contributed by atoms with Crippen molar-refractivity contribution >= 4 is 10.2 Å². The SMILES string of the molecule is C[C@@H]1CN(S(=O)(=O)N2CCC[C@H](C(F)(F)F)C2)C[C@@H](C)O1. The molecule has 2 saturated heterocycles. The zero-order valence-corrected chi connectivity index (χ0v) is 13.0. The maximum atomic E-state index is 12.8. The summed E-state index contributed by atoms with van der Waals surface area (Å²) in [5.41, 5.74) is 0. The Labute approximate surface area is 123 Å². The van der Waals surface area contributed by atoms with E-state index in [2.05, 4.69) is 0 Å². The van der Waals surface area contributed by atoms with Gasteiger partial charge in [-0.2, -0.15) is 30.2 Å². The van der Waals surface area contributed by atoms with Crippen LogP contribution in [-0.2, 0) is 14.9 Å². The van der Waals surface area contributed by atoms with Crippen LogP contribution in [0.15, 0.2) is 0 Å². The molecule has 5 nitrogen and oxygen atoms in total. The second-order valence-corrected chi connectivity index (χ2v) is 7.75. The molecule has 9 heteroatoms. The topological polar surface area (TPSA) is 49.9 Å². The summed E-state index contributed by atoms with van der Waals surface area (Å²) < 4.78 is 71.2. The average Bonchev–Trinajstić information content (AvgIpc) is 2.36. The lowest BCUT2D eigenvalue weighted by molar-refractivity contribution is -0.182.